The van der Waals surface area contributed by atoms with E-state index >= 15 is 0 Å². The zero-order chi connectivity index (χ0) is 15.0. The van der Waals surface area contributed by atoms with Gasteiger partial charge in [-0.3, -0.25) is 0 Å². The van der Waals surface area contributed by atoms with Gasteiger partial charge in [-0.05, 0) is 45.6 Å². The standard InChI is InChI=1S/C14H7BrFNO3S/c15-8-4-3-7(6-9(8)16)12-11(14(18)19)17-13(20-12)10-2-1-5-21-10/h1-6H,(H,18,19). The third kappa shape index (κ3) is 2.62. The van der Waals surface area contributed by atoms with Crippen molar-refractivity contribution in [3.63, 3.8) is 0 Å². The monoisotopic (exact) mass is 367 g/mol. The average Bonchev–Trinajstić information content (AvgIpc) is 3.09. The molecule has 0 saturated carbocycles. The molecule has 2 heterocycles. The number of benzene rings is 1. The predicted molar refractivity (Wildman–Crippen MR) is 79.9 cm³/mol. The van der Waals surface area contributed by atoms with Crippen LogP contribution in [0.1, 0.15) is 10.5 Å². The van der Waals surface area contributed by atoms with Crippen LogP contribution in [0.4, 0.5) is 4.39 Å². The lowest BCUT2D eigenvalue weighted by Gasteiger charge is -2.00. The molecule has 2 aromatic heterocycles. The maximum absolute atomic E-state index is 13.6. The van der Waals surface area contributed by atoms with Crippen LogP contribution in [0.5, 0.6) is 0 Å². The second kappa shape index (κ2) is 5.42. The van der Waals surface area contributed by atoms with E-state index in [-0.39, 0.29) is 17.3 Å². The third-order valence-electron chi connectivity index (χ3n) is 2.74. The highest BCUT2D eigenvalue weighted by Gasteiger charge is 2.22. The number of aromatic nitrogens is 1. The summed E-state index contributed by atoms with van der Waals surface area (Å²) >= 11 is 4.43. The van der Waals surface area contributed by atoms with Crippen LogP contribution in [-0.2, 0) is 0 Å². The number of carbonyl (C=O) groups is 1. The van der Waals surface area contributed by atoms with E-state index in [1.165, 1.54) is 23.5 Å². The first kappa shape index (κ1) is 14.0. The van der Waals surface area contributed by atoms with Gasteiger partial charge in [0.15, 0.2) is 11.5 Å². The number of carboxylic acids is 1. The second-order valence-electron chi connectivity index (χ2n) is 4.11. The van der Waals surface area contributed by atoms with Crippen molar-refractivity contribution in [2.75, 3.05) is 0 Å². The Morgan fingerprint density at radius 1 is 1.38 bits per heavy atom. The van der Waals surface area contributed by atoms with E-state index in [1.54, 1.807) is 12.1 Å². The highest BCUT2D eigenvalue weighted by molar-refractivity contribution is 9.10. The van der Waals surface area contributed by atoms with Crippen molar-refractivity contribution in [3.05, 3.63) is 51.7 Å². The van der Waals surface area contributed by atoms with E-state index in [1.807, 2.05) is 11.4 Å². The van der Waals surface area contributed by atoms with Crippen molar-refractivity contribution in [3.8, 4) is 22.1 Å². The van der Waals surface area contributed by atoms with E-state index in [0.29, 0.717) is 14.9 Å². The Kier molecular flexibility index (Phi) is 3.60. The number of halogens is 2. The fourth-order valence-corrected chi connectivity index (χ4v) is 2.70. The smallest absolute Gasteiger partial charge is 0.358 e. The number of thiophene rings is 1. The molecule has 0 unspecified atom stereocenters. The molecule has 0 fully saturated rings. The molecule has 3 aromatic rings. The number of oxazole rings is 1. The highest BCUT2D eigenvalue weighted by Crippen LogP contribution is 2.33. The van der Waals surface area contributed by atoms with Gasteiger partial charge in [0.2, 0.25) is 5.89 Å². The van der Waals surface area contributed by atoms with Crippen LogP contribution in [0, 0.1) is 5.82 Å². The number of rotatable bonds is 3. The minimum Gasteiger partial charge on any atom is -0.476 e. The summed E-state index contributed by atoms with van der Waals surface area (Å²) in [5.41, 5.74) is 0.0866. The first-order valence-electron chi connectivity index (χ1n) is 5.79. The Morgan fingerprint density at radius 3 is 2.81 bits per heavy atom. The molecule has 106 valence electrons. The lowest BCUT2D eigenvalue weighted by Crippen LogP contribution is -1.99. The van der Waals surface area contributed by atoms with Gasteiger partial charge in [-0.2, -0.15) is 0 Å². The van der Waals surface area contributed by atoms with Crippen molar-refractivity contribution in [2.24, 2.45) is 0 Å². The number of aromatic carboxylic acids is 1. The maximum Gasteiger partial charge on any atom is 0.358 e. The van der Waals surface area contributed by atoms with Crippen LogP contribution in [0.2, 0.25) is 0 Å². The van der Waals surface area contributed by atoms with Gasteiger partial charge in [-0.1, -0.05) is 6.07 Å². The summed E-state index contributed by atoms with van der Waals surface area (Å²) in [5.74, 6) is -1.48. The Balaban J connectivity index is 2.16. The molecule has 3 rings (SSSR count). The molecule has 0 atom stereocenters. The fraction of sp³-hybridized carbons (Fsp3) is 0. The Morgan fingerprint density at radius 2 is 2.19 bits per heavy atom. The molecule has 0 aliphatic heterocycles. The minimum absolute atomic E-state index is 0.0392. The van der Waals surface area contributed by atoms with Crippen LogP contribution in [0.15, 0.2) is 44.6 Å². The van der Waals surface area contributed by atoms with Crippen LogP contribution >= 0.6 is 27.3 Å². The molecule has 4 nitrogen and oxygen atoms in total. The molecule has 0 radical (unpaired) electrons. The summed E-state index contributed by atoms with van der Waals surface area (Å²) in [6, 6.07) is 7.84. The molecule has 0 bridgehead atoms. The summed E-state index contributed by atoms with van der Waals surface area (Å²) in [7, 11) is 0. The maximum atomic E-state index is 13.6. The SMILES string of the molecule is O=C(O)c1nc(-c2cccs2)oc1-c1ccc(Br)c(F)c1. The first-order valence-corrected chi connectivity index (χ1v) is 7.47. The third-order valence-corrected chi connectivity index (χ3v) is 4.24. The van der Waals surface area contributed by atoms with Gasteiger partial charge in [-0.15, -0.1) is 11.3 Å². The van der Waals surface area contributed by atoms with Gasteiger partial charge < -0.3 is 9.52 Å². The Bertz CT molecular complexity index is 814. The number of hydrogen-bond donors (Lipinski definition) is 1. The minimum atomic E-state index is -1.22. The van der Waals surface area contributed by atoms with Crippen molar-refractivity contribution in [1.82, 2.24) is 4.98 Å². The molecule has 0 aliphatic rings. The molecule has 0 saturated heterocycles. The summed E-state index contributed by atoms with van der Waals surface area (Å²) in [5, 5.41) is 11.1. The zero-order valence-electron chi connectivity index (χ0n) is 10.3. The Hall–Kier alpha value is -1.99. The molecule has 0 spiro atoms. The summed E-state index contributed by atoms with van der Waals surface area (Å²) in [6.07, 6.45) is 0. The normalized spacial score (nSPS) is 10.8. The number of carboxylic acid groups (broad SMARTS) is 1. The molecule has 1 N–H and O–H groups in total. The van der Waals surface area contributed by atoms with E-state index in [9.17, 15) is 14.3 Å². The van der Waals surface area contributed by atoms with Crippen molar-refractivity contribution in [2.45, 2.75) is 0 Å². The van der Waals surface area contributed by atoms with Crippen LogP contribution < -0.4 is 0 Å². The fourth-order valence-electron chi connectivity index (χ4n) is 1.80. The molecular formula is C14H7BrFNO3S. The van der Waals surface area contributed by atoms with Gasteiger partial charge in [0.05, 0.1) is 9.35 Å². The predicted octanol–water partition coefficient (Wildman–Crippen LogP) is 4.67. The number of nitrogens with zero attached hydrogens (tertiary/aromatic N) is 1. The molecule has 7 heteroatoms. The van der Waals surface area contributed by atoms with Crippen molar-refractivity contribution in [1.29, 1.82) is 0 Å². The van der Waals surface area contributed by atoms with E-state index in [0.717, 1.165) is 0 Å². The number of hydrogen-bond acceptors (Lipinski definition) is 4. The molecular weight excluding hydrogens is 361 g/mol. The summed E-state index contributed by atoms with van der Waals surface area (Å²) in [6.45, 7) is 0. The lowest BCUT2D eigenvalue weighted by atomic mass is 10.1. The van der Waals surface area contributed by atoms with Gasteiger partial charge in [0, 0.05) is 5.56 Å². The topological polar surface area (TPSA) is 63.3 Å². The molecule has 1 aromatic carbocycles. The van der Waals surface area contributed by atoms with Crippen LogP contribution in [0.25, 0.3) is 22.1 Å². The Labute approximate surface area is 131 Å². The van der Waals surface area contributed by atoms with E-state index in [2.05, 4.69) is 20.9 Å². The molecule has 0 amide bonds. The van der Waals surface area contributed by atoms with Crippen LogP contribution in [0.3, 0.4) is 0 Å². The van der Waals surface area contributed by atoms with Crippen molar-refractivity contribution >= 4 is 33.2 Å². The van der Waals surface area contributed by atoms with Gasteiger partial charge in [0.1, 0.15) is 5.82 Å². The van der Waals surface area contributed by atoms with Crippen LogP contribution in [-0.4, -0.2) is 16.1 Å². The van der Waals surface area contributed by atoms with E-state index in [4.69, 9.17) is 4.42 Å². The largest absolute Gasteiger partial charge is 0.476 e. The highest BCUT2D eigenvalue weighted by atomic mass is 79.9. The lowest BCUT2D eigenvalue weighted by molar-refractivity contribution is 0.0691. The second-order valence-corrected chi connectivity index (χ2v) is 5.91. The average molecular weight is 368 g/mol. The molecule has 0 aliphatic carbocycles. The van der Waals surface area contributed by atoms with Gasteiger partial charge >= 0.3 is 5.97 Å². The zero-order valence-corrected chi connectivity index (χ0v) is 12.7. The van der Waals surface area contributed by atoms with Gasteiger partial charge in [-0.25, -0.2) is 14.2 Å². The van der Waals surface area contributed by atoms with E-state index < -0.39 is 11.8 Å². The summed E-state index contributed by atoms with van der Waals surface area (Å²) in [4.78, 5) is 16.0. The molecule has 21 heavy (non-hydrogen) atoms. The van der Waals surface area contributed by atoms with Crippen molar-refractivity contribution < 1.29 is 18.7 Å². The quantitative estimate of drug-likeness (QED) is 0.730. The van der Waals surface area contributed by atoms with Gasteiger partial charge in [0.25, 0.3) is 0 Å². The first-order chi connectivity index (χ1) is 10.1. The summed E-state index contributed by atoms with van der Waals surface area (Å²) < 4.78 is 19.5.